The first kappa shape index (κ1) is 11.3. The molecular formula is C12H11FN2O2. The molecule has 5 heteroatoms. The Labute approximate surface area is 97.5 Å². The van der Waals surface area contributed by atoms with Crippen molar-refractivity contribution in [2.75, 3.05) is 6.54 Å². The Morgan fingerprint density at radius 2 is 2.29 bits per heavy atom. The van der Waals surface area contributed by atoms with Gasteiger partial charge in [-0.2, -0.15) is 4.39 Å². The lowest BCUT2D eigenvalue weighted by molar-refractivity contribution is 0.0953. The predicted octanol–water partition coefficient (Wildman–Crippen LogP) is 1.79. The number of nitrogens with zero attached hydrogens (tertiary/aromatic N) is 1. The van der Waals surface area contributed by atoms with E-state index >= 15 is 0 Å². The normalized spacial score (nSPS) is 10.2. The molecule has 2 rings (SSSR count). The number of aromatic nitrogens is 1. The maximum atomic E-state index is 12.5. The molecule has 0 aliphatic heterocycles. The quantitative estimate of drug-likeness (QED) is 0.820. The third-order valence-corrected chi connectivity index (χ3v) is 2.23. The van der Waals surface area contributed by atoms with Crippen LogP contribution in [0.5, 0.6) is 0 Å². The standard InChI is InChI=1S/C12H11FN2O2/c13-11-4-3-9(8-15-11)12(16)14-6-5-10-2-1-7-17-10/h1-4,7-8H,5-6H2,(H,14,16). The molecule has 0 fully saturated rings. The van der Waals surface area contributed by atoms with E-state index in [-0.39, 0.29) is 5.91 Å². The Morgan fingerprint density at radius 3 is 2.94 bits per heavy atom. The fraction of sp³-hybridized carbons (Fsp3) is 0.167. The number of hydrogen-bond acceptors (Lipinski definition) is 3. The number of carbonyl (C=O) groups excluding carboxylic acids is 1. The Balaban J connectivity index is 1.83. The second-order valence-electron chi connectivity index (χ2n) is 3.45. The molecule has 1 amide bonds. The average Bonchev–Trinajstić information content (AvgIpc) is 2.83. The third kappa shape index (κ3) is 3.14. The van der Waals surface area contributed by atoms with Gasteiger partial charge in [0.1, 0.15) is 5.76 Å². The lowest BCUT2D eigenvalue weighted by Gasteiger charge is -2.03. The highest BCUT2D eigenvalue weighted by atomic mass is 19.1. The minimum Gasteiger partial charge on any atom is -0.469 e. The average molecular weight is 234 g/mol. The zero-order valence-corrected chi connectivity index (χ0v) is 9.02. The Kier molecular flexibility index (Phi) is 3.49. The molecule has 0 unspecified atom stereocenters. The third-order valence-electron chi connectivity index (χ3n) is 2.23. The second kappa shape index (κ2) is 5.25. The maximum absolute atomic E-state index is 12.5. The minimum atomic E-state index is -0.600. The van der Waals surface area contributed by atoms with Crippen LogP contribution in [0.2, 0.25) is 0 Å². The summed E-state index contributed by atoms with van der Waals surface area (Å²) in [6.45, 7) is 0.462. The zero-order chi connectivity index (χ0) is 12.1. The van der Waals surface area contributed by atoms with Crippen LogP contribution in [0.4, 0.5) is 4.39 Å². The van der Waals surface area contributed by atoms with Gasteiger partial charge in [-0.3, -0.25) is 4.79 Å². The van der Waals surface area contributed by atoms with Crippen LogP contribution in [-0.2, 0) is 6.42 Å². The molecule has 0 radical (unpaired) electrons. The SMILES string of the molecule is O=C(NCCc1ccco1)c1ccc(F)nc1. The van der Waals surface area contributed by atoms with Crippen molar-refractivity contribution >= 4 is 5.91 Å². The van der Waals surface area contributed by atoms with Crippen molar-refractivity contribution in [1.29, 1.82) is 0 Å². The number of nitrogens with one attached hydrogen (secondary N) is 1. The van der Waals surface area contributed by atoms with Crippen LogP contribution in [0.15, 0.2) is 41.1 Å². The van der Waals surface area contributed by atoms with Crippen LogP contribution < -0.4 is 5.32 Å². The smallest absolute Gasteiger partial charge is 0.252 e. The molecule has 17 heavy (non-hydrogen) atoms. The molecular weight excluding hydrogens is 223 g/mol. The summed E-state index contributed by atoms with van der Waals surface area (Å²) in [4.78, 5) is 15.0. The van der Waals surface area contributed by atoms with E-state index < -0.39 is 5.95 Å². The van der Waals surface area contributed by atoms with E-state index in [1.807, 2.05) is 6.07 Å². The largest absolute Gasteiger partial charge is 0.469 e. The van der Waals surface area contributed by atoms with Crippen molar-refractivity contribution in [1.82, 2.24) is 10.3 Å². The monoisotopic (exact) mass is 234 g/mol. The maximum Gasteiger partial charge on any atom is 0.252 e. The molecule has 0 aromatic carbocycles. The van der Waals surface area contributed by atoms with E-state index in [0.717, 1.165) is 11.8 Å². The fourth-order valence-electron chi connectivity index (χ4n) is 1.37. The van der Waals surface area contributed by atoms with Crippen molar-refractivity contribution in [2.24, 2.45) is 0 Å². The first-order valence-corrected chi connectivity index (χ1v) is 5.18. The summed E-state index contributed by atoms with van der Waals surface area (Å²) in [5, 5.41) is 2.70. The van der Waals surface area contributed by atoms with Gasteiger partial charge in [0.2, 0.25) is 5.95 Å². The van der Waals surface area contributed by atoms with Crippen LogP contribution >= 0.6 is 0 Å². The lowest BCUT2D eigenvalue weighted by atomic mass is 10.2. The number of pyridine rings is 1. The highest BCUT2D eigenvalue weighted by Gasteiger charge is 2.05. The van der Waals surface area contributed by atoms with E-state index in [0.29, 0.717) is 18.5 Å². The van der Waals surface area contributed by atoms with E-state index in [1.54, 1.807) is 12.3 Å². The summed E-state index contributed by atoms with van der Waals surface area (Å²) in [6, 6.07) is 6.18. The number of halogens is 1. The van der Waals surface area contributed by atoms with E-state index in [1.165, 1.54) is 12.3 Å². The lowest BCUT2D eigenvalue weighted by Crippen LogP contribution is -2.25. The minimum absolute atomic E-state index is 0.274. The van der Waals surface area contributed by atoms with Crippen molar-refractivity contribution in [3.63, 3.8) is 0 Å². The molecule has 0 aliphatic carbocycles. The number of carbonyl (C=O) groups is 1. The van der Waals surface area contributed by atoms with E-state index in [4.69, 9.17) is 4.42 Å². The van der Waals surface area contributed by atoms with Crippen LogP contribution in [-0.4, -0.2) is 17.4 Å². The van der Waals surface area contributed by atoms with Crippen LogP contribution in [0, 0.1) is 5.95 Å². The summed E-state index contributed by atoms with van der Waals surface area (Å²) in [6.07, 6.45) is 3.41. The molecule has 0 aliphatic rings. The molecule has 1 N–H and O–H groups in total. The van der Waals surface area contributed by atoms with Crippen LogP contribution in [0.1, 0.15) is 16.1 Å². The molecule has 2 aromatic rings. The number of hydrogen-bond donors (Lipinski definition) is 1. The molecule has 0 saturated heterocycles. The Hall–Kier alpha value is -2.17. The highest BCUT2D eigenvalue weighted by molar-refractivity contribution is 5.93. The Bertz CT molecular complexity index is 480. The van der Waals surface area contributed by atoms with Gasteiger partial charge < -0.3 is 9.73 Å². The van der Waals surface area contributed by atoms with Gasteiger partial charge >= 0.3 is 0 Å². The number of amides is 1. The van der Waals surface area contributed by atoms with Gasteiger partial charge in [-0.25, -0.2) is 4.98 Å². The molecule has 2 aromatic heterocycles. The fourth-order valence-corrected chi connectivity index (χ4v) is 1.37. The molecule has 0 bridgehead atoms. The summed E-state index contributed by atoms with van der Waals surface area (Å²) >= 11 is 0. The summed E-state index contributed by atoms with van der Waals surface area (Å²) in [7, 11) is 0. The summed E-state index contributed by atoms with van der Waals surface area (Å²) in [5.41, 5.74) is 0.339. The van der Waals surface area contributed by atoms with Gasteiger partial charge in [0.15, 0.2) is 0 Å². The van der Waals surface area contributed by atoms with E-state index in [9.17, 15) is 9.18 Å². The van der Waals surface area contributed by atoms with E-state index in [2.05, 4.69) is 10.3 Å². The van der Waals surface area contributed by atoms with Gasteiger partial charge in [-0.1, -0.05) is 0 Å². The van der Waals surface area contributed by atoms with Crippen molar-refractivity contribution < 1.29 is 13.6 Å². The predicted molar refractivity (Wildman–Crippen MR) is 58.9 cm³/mol. The van der Waals surface area contributed by atoms with Crippen molar-refractivity contribution in [3.05, 3.63) is 54.0 Å². The van der Waals surface area contributed by atoms with Gasteiger partial charge in [-0.15, -0.1) is 0 Å². The molecule has 2 heterocycles. The van der Waals surface area contributed by atoms with Gasteiger partial charge in [0.25, 0.3) is 5.91 Å². The summed E-state index contributed by atoms with van der Waals surface area (Å²) in [5.74, 6) is -0.0660. The first-order chi connectivity index (χ1) is 8.25. The van der Waals surface area contributed by atoms with Gasteiger partial charge in [0.05, 0.1) is 11.8 Å². The number of rotatable bonds is 4. The topological polar surface area (TPSA) is 55.1 Å². The van der Waals surface area contributed by atoms with Gasteiger partial charge in [-0.05, 0) is 24.3 Å². The first-order valence-electron chi connectivity index (χ1n) is 5.18. The van der Waals surface area contributed by atoms with Crippen LogP contribution in [0.3, 0.4) is 0 Å². The molecule has 88 valence electrons. The molecule has 4 nitrogen and oxygen atoms in total. The van der Waals surface area contributed by atoms with Crippen molar-refractivity contribution in [2.45, 2.75) is 6.42 Å². The van der Waals surface area contributed by atoms with Crippen LogP contribution in [0.25, 0.3) is 0 Å². The van der Waals surface area contributed by atoms with Gasteiger partial charge in [0, 0.05) is 19.2 Å². The number of furan rings is 1. The summed E-state index contributed by atoms with van der Waals surface area (Å²) < 4.78 is 17.7. The zero-order valence-electron chi connectivity index (χ0n) is 9.02. The molecule has 0 atom stereocenters. The molecule has 0 spiro atoms. The molecule has 0 saturated carbocycles. The second-order valence-corrected chi connectivity index (χ2v) is 3.45. The Morgan fingerprint density at radius 1 is 1.41 bits per heavy atom. The van der Waals surface area contributed by atoms with Crippen molar-refractivity contribution in [3.8, 4) is 0 Å². The highest BCUT2D eigenvalue weighted by Crippen LogP contribution is 2.01.